The van der Waals surface area contributed by atoms with E-state index in [4.69, 9.17) is 15.6 Å². The fourth-order valence-corrected chi connectivity index (χ4v) is 1.82. The highest BCUT2D eigenvalue weighted by atomic mass is 16.3. The lowest BCUT2D eigenvalue weighted by Gasteiger charge is -1.98. The summed E-state index contributed by atoms with van der Waals surface area (Å²) in [7, 11) is 0. The molecule has 0 saturated carbocycles. The molecule has 78 valence electrons. The molecular weight excluding hydrogens is 188 g/mol. The van der Waals surface area contributed by atoms with Gasteiger partial charge in [-0.3, -0.25) is 5.41 Å². The third kappa shape index (κ3) is 1.73. The number of aryl methyl sites for hydroxylation is 1. The number of benzene rings is 1. The largest absolute Gasteiger partial charge is 0.461 e. The van der Waals surface area contributed by atoms with Gasteiger partial charge in [0.25, 0.3) is 0 Å². The van der Waals surface area contributed by atoms with Crippen LogP contribution < -0.4 is 5.73 Å². The summed E-state index contributed by atoms with van der Waals surface area (Å²) in [6.07, 6.45) is 1.30. The second kappa shape index (κ2) is 3.77. The Bertz CT molecular complexity index is 499. The zero-order valence-electron chi connectivity index (χ0n) is 8.71. The smallest absolute Gasteiger partial charge is 0.134 e. The Morgan fingerprint density at radius 2 is 2.13 bits per heavy atom. The molecule has 0 aliphatic heterocycles. The highest BCUT2D eigenvalue weighted by Gasteiger charge is 2.12. The Hall–Kier alpha value is -1.77. The third-order valence-electron chi connectivity index (χ3n) is 2.47. The Balaban J connectivity index is 2.61. The molecule has 0 aliphatic carbocycles. The molecule has 0 spiro atoms. The third-order valence-corrected chi connectivity index (χ3v) is 2.47. The molecule has 2 aromatic rings. The molecule has 0 bridgehead atoms. The number of para-hydroxylation sites is 1. The minimum Gasteiger partial charge on any atom is -0.461 e. The molecule has 0 saturated heterocycles. The molecule has 15 heavy (non-hydrogen) atoms. The average molecular weight is 202 g/mol. The van der Waals surface area contributed by atoms with Crippen LogP contribution in [-0.2, 0) is 12.8 Å². The summed E-state index contributed by atoms with van der Waals surface area (Å²) < 4.78 is 5.70. The quantitative estimate of drug-likeness (QED) is 0.593. The molecule has 1 aromatic heterocycles. The molecule has 0 unspecified atom stereocenters. The predicted molar refractivity (Wildman–Crippen MR) is 61.2 cm³/mol. The van der Waals surface area contributed by atoms with E-state index in [1.54, 1.807) is 0 Å². The van der Waals surface area contributed by atoms with Crippen molar-refractivity contribution in [1.82, 2.24) is 0 Å². The van der Waals surface area contributed by atoms with Gasteiger partial charge in [-0.25, -0.2) is 0 Å². The fourth-order valence-electron chi connectivity index (χ4n) is 1.82. The first-order valence-electron chi connectivity index (χ1n) is 5.04. The first kappa shape index (κ1) is 9.77. The van der Waals surface area contributed by atoms with E-state index in [1.165, 1.54) is 0 Å². The van der Waals surface area contributed by atoms with Crippen molar-refractivity contribution in [2.45, 2.75) is 19.8 Å². The number of rotatable bonds is 3. The summed E-state index contributed by atoms with van der Waals surface area (Å²) in [5, 5.41) is 8.43. The van der Waals surface area contributed by atoms with Crippen LogP contribution in [0.2, 0.25) is 0 Å². The first-order chi connectivity index (χ1) is 7.22. The zero-order chi connectivity index (χ0) is 10.8. The van der Waals surface area contributed by atoms with E-state index in [9.17, 15) is 0 Å². The molecule has 3 N–H and O–H groups in total. The van der Waals surface area contributed by atoms with Gasteiger partial charge in [-0.2, -0.15) is 0 Å². The van der Waals surface area contributed by atoms with Crippen LogP contribution in [0.4, 0.5) is 0 Å². The fraction of sp³-hybridized carbons (Fsp3) is 0.250. The van der Waals surface area contributed by atoms with Crippen LogP contribution in [0.3, 0.4) is 0 Å². The van der Waals surface area contributed by atoms with Crippen LogP contribution in [-0.4, -0.2) is 5.84 Å². The van der Waals surface area contributed by atoms with Crippen LogP contribution in [0.25, 0.3) is 11.0 Å². The number of nitrogens with two attached hydrogens (primary N) is 1. The second-order valence-corrected chi connectivity index (χ2v) is 3.56. The summed E-state index contributed by atoms with van der Waals surface area (Å²) in [5.41, 5.74) is 7.38. The van der Waals surface area contributed by atoms with Crippen molar-refractivity contribution in [2.24, 2.45) is 5.73 Å². The lowest BCUT2D eigenvalue weighted by atomic mass is 10.1. The van der Waals surface area contributed by atoms with Crippen molar-refractivity contribution >= 4 is 16.8 Å². The molecule has 0 aliphatic rings. The van der Waals surface area contributed by atoms with Gasteiger partial charge in [0.2, 0.25) is 0 Å². The Kier molecular flexibility index (Phi) is 2.46. The number of amidine groups is 1. The number of nitrogens with one attached hydrogen (secondary N) is 1. The lowest BCUT2D eigenvalue weighted by Crippen LogP contribution is -2.13. The summed E-state index contributed by atoms with van der Waals surface area (Å²) in [5.74, 6) is 1.11. The van der Waals surface area contributed by atoms with Crippen molar-refractivity contribution in [3.63, 3.8) is 0 Å². The summed E-state index contributed by atoms with van der Waals surface area (Å²) >= 11 is 0. The van der Waals surface area contributed by atoms with Gasteiger partial charge >= 0.3 is 0 Å². The van der Waals surface area contributed by atoms with E-state index in [0.717, 1.165) is 28.7 Å². The molecule has 2 rings (SSSR count). The van der Waals surface area contributed by atoms with E-state index in [2.05, 4.69) is 0 Å². The van der Waals surface area contributed by atoms with Crippen molar-refractivity contribution < 1.29 is 4.42 Å². The number of furan rings is 1. The maximum atomic E-state index is 7.35. The van der Waals surface area contributed by atoms with E-state index < -0.39 is 0 Å². The Morgan fingerprint density at radius 1 is 1.40 bits per heavy atom. The normalized spacial score (nSPS) is 10.7. The zero-order valence-corrected chi connectivity index (χ0v) is 8.71. The number of hydrogen-bond acceptors (Lipinski definition) is 2. The standard InChI is InChI=1S/C12H14N2O/c1-2-10-9(7-12(13)14)8-5-3-4-6-11(8)15-10/h3-6H,2,7H2,1H3,(H3,13,14). The highest BCUT2D eigenvalue weighted by Crippen LogP contribution is 2.26. The Labute approximate surface area is 88.4 Å². The van der Waals surface area contributed by atoms with E-state index in [1.807, 2.05) is 31.2 Å². The molecule has 3 nitrogen and oxygen atoms in total. The van der Waals surface area contributed by atoms with Crippen LogP contribution in [0.1, 0.15) is 18.2 Å². The van der Waals surface area contributed by atoms with E-state index >= 15 is 0 Å². The van der Waals surface area contributed by atoms with Gasteiger partial charge in [-0.05, 0) is 6.07 Å². The monoisotopic (exact) mass is 202 g/mol. The molecule has 0 amide bonds. The van der Waals surface area contributed by atoms with E-state index in [-0.39, 0.29) is 5.84 Å². The first-order valence-corrected chi connectivity index (χ1v) is 5.04. The minimum atomic E-state index is 0.177. The molecule has 0 radical (unpaired) electrons. The van der Waals surface area contributed by atoms with Crippen molar-refractivity contribution in [1.29, 1.82) is 5.41 Å². The van der Waals surface area contributed by atoms with Gasteiger partial charge in [0.1, 0.15) is 11.3 Å². The SMILES string of the molecule is CCc1oc2ccccc2c1CC(=N)N. The van der Waals surface area contributed by atoms with Gasteiger partial charge < -0.3 is 10.2 Å². The summed E-state index contributed by atoms with van der Waals surface area (Å²) in [6.45, 7) is 2.04. The molecule has 1 heterocycles. The average Bonchev–Trinajstić information content (AvgIpc) is 2.56. The van der Waals surface area contributed by atoms with Crippen LogP contribution in [0, 0.1) is 5.41 Å². The molecule has 3 heteroatoms. The van der Waals surface area contributed by atoms with Crippen LogP contribution in [0.5, 0.6) is 0 Å². The number of fused-ring (bicyclic) bond motifs is 1. The number of hydrogen-bond donors (Lipinski definition) is 2. The molecule has 0 fully saturated rings. The van der Waals surface area contributed by atoms with Gasteiger partial charge in [-0.15, -0.1) is 0 Å². The highest BCUT2D eigenvalue weighted by molar-refractivity contribution is 5.89. The van der Waals surface area contributed by atoms with Crippen molar-refractivity contribution in [3.8, 4) is 0 Å². The minimum absolute atomic E-state index is 0.177. The van der Waals surface area contributed by atoms with Crippen molar-refractivity contribution in [2.75, 3.05) is 0 Å². The maximum Gasteiger partial charge on any atom is 0.134 e. The van der Waals surface area contributed by atoms with Gasteiger partial charge in [0.15, 0.2) is 0 Å². The van der Waals surface area contributed by atoms with Gasteiger partial charge in [-0.1, -0.05) is 25.1 Å². The second-order valence-electron chi connectivity index (χ2n) is 3.56. The van der Waals surface area contributed by atoms with Gasteiger partial charge in [0, 0.05) is 23.8 Å². The van der Waals surface area contributed by atoms with Crippen molar-refractivity contribution in [3.05, 3.63) is 35.6 Å². The maximum absolute atomic E-state index is 7.35. The summed E-state index contributed by atoms with van der Waals surface area (Å²) in [4.78, 5) is 0. The van der Waals surface area contributed by atoms with Gasteiger partial charge in [0.05, 0.1) is 5.84 Å². The predicted octanol–water partition coefficient (Wildman–Crippen LogP) is 2.47. The van der Waals surface area contributed by atoms with E-state index in [0.29, 0.717) is 6.42 Å². The Morgan fingerprint density at radius 3 is 2.80 bits per heavy atom. The lowest BCUT2D eigenvalue weighted by molar-refractivity contribution is 0.552. The van der Waals surface area contributed by atoms with Crippen LogP contribution in [0.15, 0.2) is 28.7 Å². The molecular formula is C12H14N2O. The summed E-state index contributed by atoms with van der Waals surface area (Å²) in [6, 6.07) is 7.87. The van der Waals surface area contributed by atoms with Crippen LogP contribution >= 0.6 is 0 Å². The topological polar surface area (TPSA) is 63.0 Å². The molecule has 1 aromatic carbocycles. The molecule has 0 atom stereocenters.